The molecular weight excluding hydrogens is 611 g/mol. The summed E-state index contributed by atoms with van der Waals surface area (Å²) in [6.45, 7) is 0.834. The first-order chi connectivity index (χ1) is 20.2. The molecule has 2 aromatic carbocycles. The van der Waals surface area contributed by atoms with Crippen LogP contribution in [0.1, 0.15) is 17.5 Å². The van der Waals surface area contributed by atoms with E-state index in [4.69, 9.17) is 4.74 Å². The van der Waals surface area contributed by atoms with E-state index < -0.39 is 36.7 Å². The summed E-state index contributed by atoms with van der Waals surface area (Å²) >= 11 is 0. The Morgan fingerprint density at radius 3 is 2.65 bits per heavy atom. The highest BCUT2D eigenvalue weighted by molar-refractivity contribution is 7.89. The van der Waals surface area contributed by atoms with Crippen LogP contribution in [-0.2, 0) is 32.6 Å². The van der Waals surface area contributed by atoms with Crippen LogP contribution in [0.25, 0.3) is 0 Å². The van der Waals surface area contributed by atoms with Gasteiger partial charge in [-0.05, 0) is 57.3 Å². The van der Waals surface area contributed by atoms with Gasteiger partial charge in [0.2, 0.25) is 26.0 Å². The van der Waals surface area contributed by atoms with Crippen molar-refractivity contribution in [2.24, 2.45) is 0 Å². The topological polar surface area (TPSA) is 155 Å². The number of anilines is 3. The number of hydrogen-bond donors (Lipinski definition) is 4. The summed E-state index contributed by atoms with van der Waals surface area (Å²) in [4.78, 5) is 10.0. The van der Waals surface area contributed by atoms with Gasteiger partial charge < -0.3 is 20.3 Å². The van der Waals surface area contributed by atoms with Crippen LogP contribution in [0, 0.1) is 0 Å². The summed E-state index contributed by atoms with van der Waals surface area (Å²) in [7, 11) is -4.52. The minimum Gasteiger partial charge on any atom is -0.492 e. The molecule has 3 aromatic rings. The number of halogens is 3. The van der Waals surface area contributed by atoms with Gasteiger partial charge in [-0.15, -0.1) is 0 Å². The first-order valence-corrected chi connectivity index (χ1v) is 16.2. The van der Waals surface area contributed by atoms with E-state index in [0.29, 0.717) is 42.6 Å². The molecule has 1 aromatic heterocycles. The van der Waals surface area contributed by atoms with Gasteiger partial charge in [0.05, 0.1) is 15.4 Å². The Hall–Kier alpha value is -3.51. The van der Waals surface area contributed by atoms with Gasteiger partial charge in [-0.25, -0.2) is 31.3 Å². The van der Waals surface area contributed by atoms with E-state index in [0.717, 1.165) is 12.1 Å². The van der Waals surface area contributed by atoms with Crippen LogP contribution >= 0.6 is 0 Å². The van der Waals surface area contributed by atoms with E-state index in [1.54, 1.807) is 31.1 Å². The molecule has 0 saturated carbocycles. The van der Waals surface area contributed by atoms with Gasteiger partial charge in [0.1, 0.15) is 18.2 Å². The molecule has 4 bridgehead atoms. The lowest BCUT2D eigenvalue weighted by Crippen LogP contribution is -2.27. The van der Waals surface area contributed by atoms with E-state index in [1.807, 2.05) is 0 Å². The second-order valence-corrected chi connectivity index (χ2v) is 13.4. The number of nitrogens with zero attached hydrogens (tertiary/aromatic N) is 3. The van der Waals surface area contributed by atoms with Crippen LogP contribution < -0.4 is 24.8 Å². The Kier molecular flexibility index (Phi) is 10.1. The normalized spacial score (nSPS) is 15.4. The van der Waals surface area contributed by atoms with Crippen LogP contribution in [0.2, 0.25) is 0 Å². The van der Waals surface area contributed by atoms with Gasteiger partial charge in [0.15, 0.2) is 0 Å². The quantitative estimate of drug-likeness (QED) is 0.274. The average Bonchev–Trinajstić information content (AvgIpc) is 2.93. The van der Waals surface area contributed by atoms with E-state index in [1.165, 1.54) is 18.3 Å². The van der Waals surface area contributed by atoms with Crippen LogP contribution in [0.4, 0.5) is 30.6 Å². The predicted molar refractivity (Wildman–Crippen MR) is 154 cm³/mol. The fourth-order valence-electron chi connectivity index (χ4n) is 3.98. The maximum Gasteiger partial charge on any atom is 0.416 e. The third-order valence-corrected chi connectivity index (χ3v) is 9.11. The second-order valence-electron chi connectivity index (χ2n) is 9.89. The SMILES string of the molecule is CN(C)CCOc1cc(C(F)(F)F)cc(S(=O)(=O)NCCc2cnc3nc2NCCCNS(=O)(=O)c2cccc(c2)N3)c1. The molecule has 4 N–H and O–H groups in total. The zero-order valence-corrected chi connectivity index (χ0v) is 25.0. The summed E-state index contributed by atoms with van der Waals surface area (Å²) < 4.78 is 102. The molecule has 2 heterocycles. The maximum absolute atomic E-state index is 13.5. The van der Waals surface area contributed by atoms with Crippen LogP contribution in [-0.4, -0.2) is 78.6 Å². The van der Waals surface area contributed by atoms with Crippen molar-refractivity contribution in [1.82, 2.24) is 24.3 Å². The molecule has 0 atom stereocenters. The van der Waals surface area contributed by atoms with Crippen molar-refractivity contribution in [3.63, 3.8) is 0 Å². The van der Waals surface area contributed by atoms with Gasteiger partial charge in [-0.1, -0.05) is 6.07 Å². The van der Waals surface area contributed by atoms with Crippen LogP contribution in [0.3, 0.4) is 0 Å². The molecule has 0 spiro atoms. The smallest absolute Gasteiger partial charge is 0.416 e. The number of ether oxygens (including phenoxy) is 1. The minimum atomic E-state index is -4.78. The third-order valence-electron chi connectivity index (χ3n) is 6.21. The molecule has 0 unspecified atom stereocenters. The number of hydrogen-bond acceptors (Lipinski definition) is 10. The molecule has 0 saturated heterocycles. The molecule has 17 heteroatoms. The number of nitrogens with one attached hydrogen (secondary N) is 4. The van der Waals surface area contributed by atoms with Crippen molar-refractivity contribution in [1.29, 1.82) is 0 Å². The zero-order chi connectivity index (χ0) is 31.3. The Balaban J connectivity index is 1.50. The van der Waals surface area contributed by atoms with Crippen molar-refractivity contribution in [2.75, 3.05) is 57.5 Å². The molecule has 234 valence electrons. The van der Waals surface area contributed by atoms with Crippen molar-refractivity contribution in [3.8, 4) is 5.75 Å². The Morgan fingerprint density at radius 1 is 1.12 bits per heavy atom. The van der Waals surface area contributed by atoms with Crippen molar-refractivity contribution in [3.05, 3.63) is 59.8 Å². The van der Waals surface area contributed by atoms with Gasteiger partial charge in [0, 0.05) is 49.7 Å². The first kappa shape index (κ1) is 32.4. The molecule has 1 aliphatic heterocycles. The van der Waals surface area contributed by atoms with Gasteiger partial charge >= 0.3 is 6.18 Å². The second kappa shape index (κ2) is 13.4. The fourth-order valence-corrected chi connectivity index (χ4v) is 6.19. The van der Waals surface area contributed by atoms with E-state index >= 15 is 0 Å². The van der Waals surface area contributed by atoms with Gasteiger partial charge in [-0.2, -0.15) is 18.2 Å². The van der Waals surface area contributed by atoms with Gasteiger partial charge in [0.25, 0.3) is 0 Å². The lowest BCUT2D eigenvalue weighted by molar-refractivity contribution is -0.137. The molecule has 1 aliphatic rings. The number of fused-ring (bicyclic) bond motifs is 4. The zero-order valence-electron chi connectivity index (χ0n) is 23.4. The summed E-state index contributed by atoms with van der Waals surface area (Å²) in [5.74, 6) is 0.363. The van der Waals surface area contributed by atoms with E-state index in [2.05, 4.69) is 30.0 Å². The number of benzene rings is 2. The number of sulfonamides is 2. The highest BCUT2D eigenvalue weighted by Gasteiger charge is 2.33. The van der Waals surface area contributed by atoms with Gasteiger partial charge in [-0.3, -0.25) is 0 Å². The predicted octanol–water partition coefficient (Wildman–Crippen LogP) is 2.79. The fraction of sp³-hybridized carbons (Fsp3) is 0.385. The Bertz CT molecular complexity index is 1650. The number of alkyl halides is 3. The summed E-state index contributed by atoms with van der Waals surface area (Å²) in [6.07, 6.45) is -2.76. The highest BCUT2D eigenvalue weighted by atomic mass is 32.2. The number of likely N-dealkylation sites (N-methyl/N-ethyl adjacent to an activating group) is 1. The molecule has 43 heavy (non-hydrogen) atoms. The van der Waals surface area contributed by atoms with Crippen molar-refractivity contribution < 1.29 is 34.7 Å². The maximum atomic E-state index is 13.5. The highest BCUT2D eigenvalue weighted by Crippen LogP contribution is 2.34. The molecular formula is C26H32F3N7O5S2. The number of rotatable bonds is 9. The van der Waals surface area contributed by atoms with E-state index in [-0.39, 0.29) is 42.7 Å². The largest absolute Gasteiger partial charge is 0.492 e. The molecule has 0 aliphatic carbocycles. The minimum absolute atomic E-state index is 0.0686. The number of aromatic nitrogens is 2. The Morgan fingerprint density at radius 2 is 1.91 bits per heavy atom. The summed E-state index contributed by atoms with van der Waals surface area (Å²) in [6, 6.07) is 8.55. The lowest BCUT2D eigenvalue weighted by Gasteiger charge is -2.16. The van der Waals surface area contributed by atoms with Crippen molar-refractivity contribution >= 4 is 37.5 Å². The molecule has 0 fully saturated rings. The van der Waals surface area contributed by atoms with Crippen molar-refractivity contribution in [2.45, 2.75) is 28.8 Å². The monoisotopic (exact) mass is 643 g/mol. The van der Waals surface area contributed by atoms with Crippen LogP contribution in [0.15, 0.2) is 58.5 Å². The summed E-state index contributed by atoms with van der Waals surface area (Å²) in [5.41, 5.74) is -0.163. The molecule has 12 nitrogen and oxygen atoms in total. The van der Waals surface area contributed by atoms with E-state index in [9.17, 15) is 30.0 Å². The lowest BCUT2D eigenvalue weighted by atomic mass is 10.2. The average molecular weight is 644 g/mol. The molecule has 0 radical (unpaired) electrons. The van der Waals surface area contributed by atoms with Crippen LogP contribution in [0.5, 0.6) is 5.75 Å². The molecule has 0 amide bonds. The molecule has 4 rings (SSSR count). The first-order valence-electron chi connectivity index (χ1n) is 13.2. The standard InChI is InChI=1S/C26H32F3N7O5S2/c1-36(2)11-12-41-21-13-19(26(27,28)29)14-23(16-21)43(39,40)33-10-7-18-17-31-25-34-20-5-3-6-22(15-20)42(37,38)32-9-4-8-30-24(18)35-25/h3,5-6,13-17,32-33H,4,7-12H2,1-2H3,(H2,30,31,34,35). The Labute approximate surface area is 248 Å². The summed E-state index contributed by atoms with van der Waals surface area (Å²) in [5, 5.41) is 6.08. The third kappa shape index (κ3) is 8.99.